The van der Waals surface area contributed by atoms with Crippen LogP contribution in [-0.2, 0) is 9.59 Å². The van der Waals surface area contributed by atoms with E-state index >= 15 is 0 Å². The van der Waals surface area contributed by atoms with Gasteiger partial charge in [0.05, 0.1) is 0 Å². The van der Waals surface area contributed by atoms with E-state index in [1.54, 1.807) is 4.90 Å². The predicted octanol–water partition coefficient (Wildman–Crippen LogP) is 1.81. The standard InChI is InChI=1S/C13H19NO3/c15-12(16)9-14(11-7-3-4-8-11)13(17)10-5-1-2-6-10/h1-2,10-11H,3-9H2,(H,15,16). The zero-order valence-electron chi connectivity index (χ0n) is 9.97. The van der Waals surface area contributed by atoms with Gasteiger partial charge in [-0.1, -0.05) is 25.0 Å². The molecule has 0 aromatic rings. The fourth-order valence-corrected chi connectivity index (χ4v) is 2.80. The Labute approximate surface area is 101 Å². The van der Waals surface area contributed by atoms with Crippen LogP contribution < -0.4 is 0 Å². The Kier molecular flexibility index (Phi) is 3.82. The molecule has 0 aliphatic heterocycles. The van der Waals surface area contributed by atoms with E-state index in [0.717, 1.165) is 38.5 Å². The highest BCUT2D eigenvalue weighted by molar-refractivity contribution is 5.84. The van der Waals surface area contributed by atoms with Crippen molar-refractivity contribution in [2.24, 2.45) is 5.92 Å². The molecule has 1 amide bonds. The lowest BCUT2D eigenvalue weighted by Gasteiger charge is -2.29. The fourth-order valence-electron chi connectivity index (χ4n) is 2.80. The summed E-state index contributed by atoms with van der Waals surface area (Å²) in [5, 5.41) is 8.93. The number of aliphatic carboxylic acids is 1. The van der Waals surface area contributed by atoms with Gasteiger partial charge >= 0.3 is 5.97 Å². The molecule has 1 fully saturated rings. The van der Waals surface area contributed by atoms with Gasteiger partial charge in [-0.25, -0.2) is 0 Å². The van der Waals surface area contributed by atoms with Crippen molar-refractivity contribution in [2.45, 2.75) is 44.6 Å². The van der Waals surface area contributed by atoms with Crippen LogP contribution in [0.3, 0.4) is 0 Å². The number of hydrogen-bond acceptors (Lipinski definition) is 2. The number of carbonyl (C=O) groups excluding carboxylic acids is 1. The van der Waals surface area contributed by atoms with Crippen LogP contribution in [0.2, 0.25) is 0 Å². The van der Waals surface area contributed by atoms with Crippen LogP contribution in [0, 0.1) is 5.92 Å². The van der Waals surface area contributed by atoms with Crippen molar-refractivity contribution in [2.75, 3.05) is 6.54 Å². The van der Waals surface area contributed by atoms with E-state index in [2.05, 4.69) is 0 Å². The normalized spacial score (nSPS) is 20.9. The van der Waals surface area contributed by atoms with Crippen molar-refractivity contribution in [3.63, 3.8) is 0 Å². The van der Waals surface area contributed by atoms with Crippen molar-refractivity contribution in [1.29, 1.82) is 0 Å². The largest absolute Gasteiger partial charge is 0.480 e. The van der Waals surface area contributed by atoms with Gasteiger partial charge in [-0.15, -0.1) is 0 Å². The fraction of sp³-hybridized carbons (Fsp3) is 0.692. The molecule has 0 aromatic heterocycles. The van der Waals surface area contributed by atoms with Gasteiger partial charge < -0.3 is 10.0 Å². The highest BCUT2D eigenvalue weighted by atomic mass is 16.4. The Morgan fingerprint density at radius 3 is 2.29 bits per heavy atom. The predicted molar refractivity (Wildman–Crippen MR) is 63.5 cm³/mol. The molecule has 0 aromatic carbocycles. The Morgan fingerprint density at radius 1 is 1.18 bits per heavy atom. The van der Waals surface area contributed by atoms with Gasteiger partial charge in [0.2, 0.25) is 5.91 Å². The van der Waals surface area contributed by atoms with Gasteiger partial charge in [0.15, 0.2) is 0 Å². The second-order valence-corrected chi connectivity index (χ2v) is 4.94. The van der Waals surface area contributed by atoms with Crippen molar-refractivity contribution in [3.8, 4) is 0 Å². The molecule has 0 radical (unpaired) electrons. The Bertz CT molecular complexity index is 324. The monoisotopic (exact) mass is 237 g/mol. The van der Waals surface area contributed by atoms with Crippen LogP contribution in [-0.4, -0.2) is 34.5 Å². The van der Waals surface area contributed by atoms with E-state index in [4.69, 9.17) is 5.11 Å². The average molecular weight is 237 g/mol. The third-order valence-electron chi connectivity index (χ3n) is 3.71. The maximum Gasteiger partial charge on any atom is 0.323 e. The minimum absolute atomic E-state index is 0.0186. The smallest absolute Gasteiger partial charge is 0.323 e. The first-order chi connectivity index (χ1) is 8.18. The van der Waals surface area contributed by atoms with Gasteiger partial charge in [0.1, 0.15) is 6.54 Å². The Balaban J connectivity index is 2.02. The third-order valence-corrected chi connectivity index (χ3v) is 3.71. The third kappa shape index (κ3) is 2.87. The SMILES string of the molecule is O=C(O)CN(C(=O)C1CC=CC1)C1CCCC1. The van der Waals surface area contributed by atoms with Crippen LogP contribution >= 0.6 is 0 Å². The minimum Gasteiger partial charge on any atom is -0.480 e. The van der Waals surface area contributed by atoms with E-state index in [9.17, 15) is 9.59 Å². The molecule has 17 heavy (non-hydrogen) atoms. The second kappa shape index (κ2) is 5.34. The number of carbonyl (C=O) groups is 2. The number of carboxylic acids is 1. The van der Waals surface area contributed by atoms with Gasteiger partial charge in [0.25, 0.3) is 0 Å². The summed E-state index contributed by atoms with van der Waals surface area (Å²) in [6.45, 7) is -0.139. The van der Waals surface area contributed by atoms with E-state index < -0.39 is 5.97 Å². The molecular weight excluding hydrogens is 218 g/mol. The molecule has 0 saturated heterocycles. The molecule has 2 aliphatic carbocycles. The molecule has 4 nitrogen and oxygen atoms in total. The molecule has 2 rings (SSSR count). The molecule has 1 saturated carbocycles. The van der Waals surface area contributed by atoms with Crippen molar-refractivity contribution >= 4 is 11.9 Å². The molecule has 0 spiro atoms. The van der Waals surface area contributed by atoms with Crippen LogP contribution in [0.1, 0.15) is 38.5 Å². The molecular formula is C13H19NO3. The van der Waals surface area contributed by atoms with Gasteiger partial charge in [-0.3, -0.25) is 9.59 Å². The quantitative estimate of drug-likeness (QED) is 0.759. The zero-order chi connectivity index (χ0) is 12.3. The summed E-state index contributed by atoms with van der Waals surface area (Å²) < 4.78 is 0. The number of allylic oxidation sites excluding steroid dienone is 2. The highest BCUT2D eigenvalue weighted by Gasteiger charge is 2.32. The second-order valence-electron chi connectivity index (χ2n) is 4.94. The van der Waals surface area contributed by atoms with Crippen LogP contribution in [0.25, 0.3) is 0 Å². The van der Waals surface area contributed by atoms with Gasteiger partial charge in [-0.05, 0) is 25.7 Å². The van der Waals surface area contributed by atoms with E-state index in [1.165, 1.54) is 0 Å². The van der Waals surface area contributed by atoms with Crippen LogP contribution in [0.5, 0.6) is 0 Å². The topological polar surface area (TPSA) is 57.6 Å². The number of hydrogen-bond donors (Lipinski definition) is 1. The summed E-state index contributed by atoms with van der Waals surface area (Å²) in [6.07, 6.45) is 9.68. The first kappa shape index (κ1) is 12.1. The molecule has 0 bridgehead atoms. The van der Waals surface area contributed by atoms with Gasteiger partial charge in [0, 0.05) is 12.0 Å². The van der Waals surface area contributed by atoms with E-state index in [1.807, 2.05) is 12.2 Å². The Hall–Kier alpha value is -1.32. The summed E-state index contributed by atoms with van der Waals surface area (Å²) in [4.78, 5) is 24.8. The van der Waals surface area contributed by atoms with Gasteiger partial charge in [-0.2, -0.15) is 0 Å². The number of nitrogens with zero attached hydrogens (tertiary/aromatic N) is 1. The van der Waals surface area contributed by atoms with Crippen LogP contribution in [0.4, 0.5) is 0 Å². The number of carboxylic acid groups (broad SMARTS) is 1. The summed E-state index contributed by atoms with van der Waals surface area (Å²) >= 11 is 0. The van der Waals surface area contributed by atoms with E-state index in [0.29, 0.717) is 0 Å². The Morgan fingerprint density at radius 2 is 1.76 bits per heavy atom. The van der Waals surface area contributed by atoms with Crippen molar-refractivity contribution in [1.82, 2.24) is 4.90 Å². The molecule has 94 valence electrons. The summed E-state index contributed by atoms with van der Waals surface area (Å²) in [5.74, 6) is -0.893. The molecule has 4 heteroatoms. The maximum atomic E-state index is 12.3. The van der Waals surface area contributed by atoms with E-state index in [-0.39, 0.29) is 24.4 Å². The lowest BCUT2D eigenvalue weighted by Crippen LogP contribution is -2.44. The maximum absolute atomic E-state index is 12.3. The minimum atomic E-state index is -0.906. The van der Waals surface area contributed by atoms with Crippen molar-refractivity contribution < 1.29 is 14.7 Å². The summed E-state index contributed by atoms with van der Waals surface area (Å²) in [6, 6.07) is 0.152. The summed E-state index contributed by atoms with van der Waals surface area (Å²) in [7, 11) is 0. The molecule has 1 N–H and O–H groups in total. The lowest BCUT2D eigenvalue weighted by molar-refractivity contribution is -0.148. The molecule has 0 heterocycles. The average Bonchev–Trinajstić information content (AvgIpc) is 2.96. The first-order valence-electron chi connectivity index (χ1n) is 6.35. The molecule has 0 atom stereocenters. The van der Waals surface area contributed by atoms with Crippen LogP contribution in [0.15, 0.2) is 12.2 Å². The highest BCUT2D eigenvalue weighted by Crippen LogP contribution is 2.27. The first-order valence-corrected chi connectivity index (χ1v) is 6.35. The molecule has 2 aliphatic rings. The number of rotatable bonds is 4. The number of amides is 1. The van der Waals surface area contributed by atoms with Crippen molar-refractivity contribution in [3.05, 3.63) is 12.2 Å². The summed E-state index contributed by atoms with van der Waals surface area (Å²) in [5.41, 5.74) is 0. The zero-order valence-corrected chi connectivity index (χ0v) is 9.97. The molecule has 0 unspecified atom stereocenters. The lowest BCUT2D eigenvalue weighted by atomic mass is 10.0.